The van der Waals surface area contributed by atoms with E-state index in [0.29, 0.717) is 6.61 Å². The van der Waals surface area contributed by atoms with Gasteiger partial charge in [0.05, 0.1) is 12.3 Å². The van der Waals surface area contributed by atoms with Crippen LogP contribution in [-0.4, -0.2) is 25.2 Å². The molecule has 0 saturated heterocycles. The number of nitrogens with zero attached hydrogens (tertiary/aromatic N) is 1. The van der Waals surface area contributed by atoms with E-state index in [0.717, 1.165) is 10.2 Å². The maximum absolute atomic E-state index is 11.9. The zero-order valence-electron chi connectivity index (χ0n) is 10.7. The van der Waals surface area contributed by atoms with Gasteiger partial charge < -0.3 is 9.64 Å². The van der Waals surface area contributed by atoms with Gasteiger partial charge in [0.2, 0.25) is 0 Å². The smallest absolute Gasteiger partial charge is 0.331 e. The van der Waals surface area contributed by atoms with Crippen LogP contribution >= 0.6 is 15.9 Å². The highest BCUT2D eigenvalue weighted by molar-refractivity contribution is 9.10. The van der Waals surface area contributed by atoms with Crippen molar-refractivity contribution in [1.29, 1.82) is 0 Å². The van der Waals surface area contributed by atoms with E-state index < -0.39 is 5.54 Å². The fourth-order valence-electron chi connectivity index (χ4n) is 1.47. The van der Waals surface area contributed by atoms with E-state index >= 15 is 0 Å². The highest BCUT2D eigenvalue weighted by Crippen LogP contribution is 2.30. The van der Waals surface area contributed by atoms with Crippen molar-refractivity contribution >= 4 is 27.6 Å². The average molecular weight is 300 g/mol. The Morgan fingerprint density at radius 1 is 1.41 bits per heavy atom. The molecule has 94 valence electrons. The van der Waals surface area contributed by atoms with Gasteiger partial charge in [-0.25, -0.2) is 4.79 Å². The third kappa shape index (κ3) is 3.00. The van der Waals surface area contributed by atoms with Crippen molar-refractivity contribution in [2.24, 2.45) is 0 Å². The van der Waals surface area contributed by atoms with Gasteiger partial charge >= 0.3 is 5.97 Å². The lowest BCUT2D eigenvalue weighted by atomic mass is 10.0. The lowest BCUT2D eigenvalue weighted by Crippen LogP contribution is -2.49. The van der Waals surface area contributed by atoms with Gasteiger partial charge in [0.15, 0.2) is 0 Å². The summed E-state index contributed by atoms with van der Waals surface area (Å²) in [6.45, 7) is 5.91. The molecule has 3 nitrogen and oxygen atoms in total. The second kappa shape index (κ2) is 5.54. The summed E-state index contributed by atoms with van der Waals surface area (Å²) < 4.78 is 6.05. The molecule has 17 heavy (non-hydrogen) atoms. The number of hydrogen-bond donors (Lipinski definition) is 0. The molecule has 0 fully saturated rings. The number of halogens is 1. The van der Waals surface area contributed by atoms with Gasteiger partial charge in [-0.05, 0) is 48.8 Å². The predicted molar refractivity (Wildman–Crippen MR) is 73.3 cm³/mol. The van der Waals surface area contributed by atoms with E-state index in [2.05, 4.69) is 15.9 Å². The van der Waals surface area contributed by atoms with Crippen LogP contribution in [0.15, 0.2) is 28.7 Å². The maximum Gasteiger partial charge on any atom is 0.331 e. The normalized spacial score (nSPS) is 11.1. The monoisotopic (exact) mass is 299 g/mol. The minimum absolute atomic E-state index is 0.224. The summed E-state index contributed by atoms with van der Waals surface area (Å²) in [5.41, 5.74) is 0.269. The number of likely N-dealkylation sites (N-methyl/N-ethyl adjacent to an activating group) is 1. The number of para-hydroxylation sites is 1. The summed E-state index contributed by atoms with van der Waals surface area (Å²) in [5.74, 6) is -0.224. The Bertz CT molecular complexity index is 404. The summed E-state index contributed by atoms with van der Waals surface area (Å²) in [5, 5.41) is 0. The first-order valence-corrected chi connectivity index (χ1v) is 6.36. The van der Waals surface area contributed by atoms with Gasteiger partial charge in [-0.3, -0.25) is 0 Å². The summed E-state index contributed by atoms with van der Waals surface area (Å²) in [6, 6.07) is 7.80. The van der Waals surface area contributed by atoms with Crippen LogP contribution in [0.1, 0.15) is 20.8 Å². The quantitative estimate of drug-likeness (QED) is 0.800. The van der Waals surface area contributed by atoms with Crippen LogP contribution in [0.2, 0.25) is 0 Å². The number of benzene rings is 1. The molecule has 0 atom stereocenters. The van der Waals surface area contributed by atoms with Crippen molar-refractivity contribution in [2.75, 3.05) is 18.6 Å². The Balaban J connectivity index is 3.00. The number of rotatable bonds is 4. The molecule has 0 radical (unpaired) electrons. The third-order valence-corrected chi connectivity index (χ3v) is 3.50. The molecule has 0 aliphatic carbocycles. The zero-order valence-corrected chi connectivity index (χ0v) is 12.2. The molecule has 4 heteroatoms. The largest absolute Gasteiger partial charge is 0.464 e. The van der Waals surface area contributed by atoms with E-state index in [9.17, 15) is 4.79 Å². The Hall–Kier alpha value is -1.03. The van der Waals surface area contributed by atoms with Crippen LogP contribution in [-0.2, 0) is 9.53 Å². The highest BCUT2D eigenvalue weighted by atomic mass is 79.9. The number of esters is 1. The molecule has 1 aromatic carbocycles. The van der Waals surface area contributed by atoms with Crippen LogP contribution in [0.5, 0.6) is 0 Å². The van der Waals surface area contributed by atoms with E-state index in [1.54, 1.807) is 0 Å². The summed E-state index contributed by atoms with van der Waals surface area (Å²) in [7, 11) is 1.89. The maximum atomic E-state index is 11.9. The van der Waals surface area contributed by atoms with Gasteiger partial charge in [0.1, 0.15) is 5.54 Å². The van der Waals surface area contributed by atoms with Crippen molar-refractivity contribution in [1.82, 2.24) is 0 Å². The van der Waals surface area contributed by atoms with Gasteiger partial charge in [-0.1, -0.05) is 12.1 Å². The molecule has 0 heterocycles. The Kier molecular flexibility index (Phi) is 4.57. The summed E-state index contributed by atoms with van der Waals surface area (Å²) >= 11 is 3.48. The number of ether oxygens (including phenoxy) is 1. The lowest BCUT2D eigenvalue weighted by molar-refractivity contribution is -0.148. The molecular weight excluding hydrogens is 282 g/mol. The lowest BCUT2D eigenvalue weighted by Gasteiger charge is -2.35. The summed E-state index contributed by atoms with van der Waals surface area (Å²) in [4.78, 5) is 13.8. The first kappa shape index (κ1) is 14.0. The number of carbonyl (C=O) groups excluding carboxylic acids is 1. The van der Waals surface area contributed by atoms with E-state index in [4.69, 9.17) is 4.74 Å². The molecule has 0 unspecified atom stereocenters. The molecule has 1 aromatic rings. The predicted octanol–water partition coefficient (Wildman–Crippen LogP) is 3.23. The molecule has 0 amide bonds. The first-order chi connectivity index (χ1) is 7.91. The molecule has 0 saturated carbocycles. The first-order valence-electron chi connectivity index (χ1n) is 5.56. The minimum atomic E-state index is -0.695. The van der Waals surface area contributed by atoms with Gasteiger partial charge in [0, 0.05) is 11.5 Å². The van der Waals surface area contributed by atoms with Crippen molar-refractivity contribution < 1.29 is 9.53 Å². The standard InChI is InChI=1S/C13H18BrNO2/c1-5-17-12(16)13(2,3)15(4)11-9-7-6-8-10(11)14/h6-9H,5H2,1-4H3. The molecular formula is C13H18BrNO2. The number of hydrogen-bond acceptors (Lipinski definition) is 3. The number of anilines is 1. The molecule has 0 aromatic heterocycles. The SMILES string of the molecule is CCOC(=O)C(C)(C)N(C)c1ccccc1Br. The van der Waals surface area contributed by atoms with Crippen LogP contribution in [0.4, 0.5) is 5.69 Å². The Labute approximate surface area is 111 Å². The second-order valence-electron chi connectivity index (χ2n) is 4.29. The molecule has 0 aliphatic heterocycles. The average Bonchev–Trinajstić information content (AvgIpc) is 2.29. The van der Waals surface area contributed by atoms with Crippen LogP contribution in [0.3, 0.4) is 0 Å². The van der Waals surface area contributed by atoms with Gasteiger partial charge in [0.25, 0.3) is 0 Å². The van der Waals surface area contributed by atoms with E-state index in [1.165, 1.54) is 0 Å². The van der Waals surface area contributed by atoms with Gasteiger partial charge in [-0.15, -0.1) is 0 Å². The van der Waals surface area contributed by atoms with Crippen LogP contribution in [0.25, 0.3) is 0 Å². The minimum Gasteiger partial charge on any atom is -0.464 e. The second-order valence-corrected chi connectivity index (χ2v) is 5.14. The molecule has 0 bridgehead atoms. The Morgan fingerprint density at radius 2 is 2.00 bits per heavy atom. The van der Waals surface area contributed by atoms with Crippen molar-refractivity contribution in [3.05, 3.63) is 28.7 Å². The fourth-order valence-corrected chi connectivity index (χ4v) is 2.02. The highest BCUT2D eigenvalue weighted by Gasteiger charge is 2.34. The van der Waals surface area contributed by atoms with E-state index in [-0.39, 0.29) is 5.97 Å². The molecule has 0 spiro atoms. The van der Waals surface area contributed by atoms with Crippen molar-refractivity contribution in [2.45, 2.75) is 26.3 Å². The Morgan fingerprint density at radius 3 is 2.53 bits per heavy atom. The fraction of sp³-hybridized carbons (Fsp3) is 0.462. The molecule has 0 N–H and O–H groups in total. The third-order valence-electron chi connectivity index (χ3n) is 2.83. The molecule has 1 rings (SSSR count). The number of carbonyl (C=O) groups is 1. The topological polar surface area (TPSA) is 29.5 Å². The summed E-state index contributed by atoms with van der Waals surface area (Å²) in [6.07, 6.45) is 0. The van der Waals surface area contributed by atoms with E-state index in [1.807, 2.05) is 57.0 Å². The molecule has 0 aliphatic rings. The van der Waals surface area contributed by atoms with Gasteiger partial charge in [-0.2, -0.15) is 0 Å². The zero-order chi connectivity index (χ0) is 13.1. The van der Waals surface area contributed by atoms with Crippen LogP contribution in [0, 0.1) is 0 Å². The van der Waals surface area contributed by atoms with Crippen LogP contribution < -0.4 is 4.90 Å². The van der Waals surface area contributed by atoms with Crippen molar-refractivity contribution in [3.8, 4) is 0 Å². The van der Waals surface area contributed by atoms with Crippen molar-refractivity contribution in [3.63, 3.8) is 0 Å².